The number of aromatic nitrogens is 2. The number of hydrogen-bond donors (Lipinski definition) is 0. The van der Waals surface area contributed by atoms with E-state index in [1.807, 2.05) is 24.3 Å². The highest BCUT2D eigenvalue weighted by Gasteiger charge is 2.15. The van der Waals surface area contributed by atoms with E-state index in [1.165, 1.54) is 25.4 Å². The summed E-state index contributed by atoms with van der Waals surface area (Å²) in [6, 6.07) is 16.2. The van der Waals surface area contributed by atoms with E-state index < -0.39 is 5.97 Å². The highest BCUT2D eigenvalue weighted by atomic mass is 19.1. The van der Waals surface area contributed by atoms with Crippen LogP contribution in [0.15, 0.2) is 60.8 Å². The van der Waals surface area contributed by atoms with Gasteiger partial charge in [0.15, 0.2) is 0 Å². The monoisotopic (exact) mass is 334 g/mol. The minimum absolute atomic E-state index is 0.258. The van der Waals surface area contributed by atoms with Gasteiger partial charge in [0.2, 0.25) is 0 Å². The van der Waals surface area contributed by atoms with Crippen molar-refractivity contribution >= 4 is 27.9 Å². The molecule has 124 valence electrons. The number of nitrogens with zero attached hydrogens (tertiary/aromatic N) is 2. The zero-order chi connectivity index (χ0) is 17.4. The molecule has 2 aromatic carbocycles. The van der Waals surface area contributed by atoms with Gasteiger partial charge < -0.3 is 9.30 Å². The van der Waals surface area contributed by atoms with Crippen molar-refractivity contribution in [1.29, 1.82) is 0 Å². The van der Waals surface area contributed by atoms with Gasteiger partial charge in [-0.05, 0) is 29.8 Å². The molecule has 0 atom stereocenters. The average Bonchev–Trinajstić information content (AvgIpc) is 2.96. The molecule has 0 bridgehead atoms. The van der Waals surface area contributed by atoms with Gasteiger partial charge in [0, 0.05) is 23.5 Å². The maximum Gasteiger partial charge on any atom is 0.339 e. The first-order valence-corrected chi connectivity index (χ1v) is 7.87. The van der Waals surface area contributed by atoms with E-state index in [2.05, 4.69) is 9.55 Å². The van der Waals surface area contributed by atoms with E-state index in [1.54, 1.807) is 18.2 Å². The largest absolute Gasteiger partial charge is 0.465 e. The Hall–Kier alpha value is -3.21. The molecule has 4 aromatic rings. The lowest BCUT2D eigenvalue weighted by Crippen LogP contribution is -2.03. The molecule has 4 nitrogen and oxygen atoms in total. The molecule has 0 aliphatic carbocycles. The number of fused-ring (bicyclic) bond motifs is 3. The second-order valence-electron chi connectivity index (χ2n) is 5.82. The molecule has 25 heavy (non-hydrogen) atoms. The van der Waals surface area contributed by atoms with Crippen LogP contribution >= 0.6 is 0 Å². The Kier molecular flexibility index (Phi) is 3.69. The molecule has 0 saturated heterocycles. The van der Waals surface area contributed by atoms with E-state index in [4.69, 9.17) is 4.74 Å². The topological polar surface area (TPSA) is 44.1 Å². The lowest BCUT2D eigenvalue weighted by molar-refractivity contribution is 0.0600. The summed E-state index contributed by atoms with van der Waals surface area (Å²) in [7, 11) is 1.35. The van der Waals surface area contributed by atoms with Gasteiger partial charge in [-0.1, -0.05) is 30.3 Å². The highest BCUT2D eigenvalue weighted by Crippen LogP contribution is 2.29. The maximum absolute atomic E-state index is 13.2. The minimum atomic E-state index is -0.412. The molecular weight excluding hydrogens is 319 g/mol. The minimum Gasteiger partial charge on any atom is -0.465 e. The molecule has 0 aliphatic rings. The third kappa shape index (κ3) is 2.63. The van der Waals surface area contributed by atoms with Gasteiger partial charge >= 0.3 is 5.97 Å². The van der Waals surface area contributed by atoms with Crippen molar-refractivity contribution in [2.45, 2.75) is 6.54 Å². The molecule has 0 saturated carbocycles. The van der Waals surface area contributed by atoms with Crippen molar-refractivity contribution in [2.75, 3.05) is 7.11 Å². The van der Waals surface area contributed by atoms with Crippen LogP contribution in [0.25, 0.3) is 21.9 Å². The summed E-state index contributed by atoms with van der Waals surface area (Å²) in [5.74, 6) is -0.670. The molecule has 4 rings (SSSR count). The van der Waals surface area contributed by atoms with E-state index in [0.717, 1.165) is 27.5 Å². The Labute approximate surface area is 143 Å². The fraction of sp³-hybridized carbons (Fsp3) is 0.100. The van der Waals surface area contributed by atoms with Gasteiger partial charge in [-0.2, -0.15) is 0 Å². The number of hydrogen-bond acceptors (Lipinski definition) is 3. The van der Waals surface area contributed by atoms with Crippen molar-refractivity contribution < 1.29 is 13.9 Å². The number of esters is 1. The number of benzene rings is 2. The first-order valence-electron chi connectivity index (χ1n) is 7.87. The smallest absolute Gasteiger partial charge is 0.339 e. The zero-order valence-corrected chi connectivity index (χ0v) is 13.6. The molecule has 0 fully saturated rings. The fourth-order valence-electron chi connectivity index (χ4n) is 3.08. The van der Waals surface area contributed by atoms with Gasteiger partial charge in [-0.25, -0.2) is 14.2 Å². The number of carbonyl (C=O) groups is 1. The van der Waals surface area contributed by atoms with Gasteiger partial charge in [0.25, 0.3) is 0 Å². The number of ether oxygens (including phenoxy) is 1. The zero-order valence-electron chi connectivity index (χ0n) is 13.6. The van der Waals surface area contributed by atoms with Crippen molar-refractivity contribution in [1.82, 2.24) is 9.55 Å². The van der Waals surface area contributed by atoms with E-state index in [-0.39, 0.29) is 5.82 Å². The molecular formula is C20H15FN2O2. The van der Waals surface area contributed by atoms with E-state index in [0.29, 0.717) is 12.1 Å². The van der Waals surface area contributed by atoms with Crippen molar-refractivity contribution in [3.63, 3.8) is 0 Å². The summed E-state index contributed by atoms with van der Waals surface area (Å²) >= 11 is 0. The molecule has 0 spiro atoms. The quantitative estimate of drug-likeness (QED) is 0.528. The van der Waals surface area contributed by atoms with Crippen LogP contribution in [0.2, 0.25) is 0 Å². The molecule has 5 heteroatoms. The molecule has 0 radical (unpaired) electrons. The van der Waals surface area contributed by atoms with Crippen LogP contribution < -0.4 is 0 Å². The van der Waals surface area contributed by atoms with Crippen LogP contribution in [-0.4, -0.2) is 22.6 Å². The predicted octanol–water partition coefficient (Wildman–Crippen LogP) is 4.16. The van der Waals surface area contributed by atoms with Gasteiger partial charge in [-0.3, -0.25) is 0 Å². The van der Waals surface area contributed by atoms with Gasteiger partial charge in [-0.15, -0.1) is 0 Å². The number of carbonyl (C=O) groups excluding carboxylic acids is 1. The Morgan fingerprint density at radius 3 is 2.64 bits per heavy atom. The summed E-state index contributed by atoms with van der Waals surface area (Å²) in [5, 5.41) is 1.90. The summed E-state index contributed by atoms with van der Waals surface area (Å²) < 4.78 is 20.0. The van der Waals surface area contributed by atoms with E-state index >= 15 is 0 Å². The van der Waals surface area contributed by atoms with Crippen molar-refractivity contribution in [2.24, 2.45) is 0 Å². The highest BCUT2D eigenvalue weighted by molar-refractivity contribution is 6.08. The van der Waals surface area contributed by atoms with Crippen LogP contribution in [0.1, 0.15) is 15.9 Å². The molecule has 0 aliphatic heterocycles. The number of para-hydroxylation sites is 1. The predicted molar refractivity (Wildman–Crippen MR) is 94.1 cm³/mol. The SMILES string of the molecule is COC(=O)c1cnc2c(c1)c1ccccc1n2Cc1ccc(F)cc1. The average molecular weight is 334 g/mol. The second-order valence-corrected chi connectivity index (χ2v) is 5.82. The van der Waals surface area contributed by atoms with Gasteiger partial charge in [0.05, 0.1) is 18.2 Å². The van der Waals surface area contributed by atoms with Crippen LogP contribution in [-0.2, 0) is 11.3 Å². The summed E-state index contributed by atoms with van der Waals surface area (Å²) in [5.41, 5.74) is 3.18. The Morgan fingerprint density at radius 1 is 1.12 bits per heavy atom. The molecule has 0 unspecified atom stereocenters. The van der Waals surface area contributed by atoms with Crippen LogP contribution in [0.3, 0.4) is 0 Å². The number of halogens is 1. The van der Waals surface area contributed by atoms with Crippen molar-refractivity contribution in [3.8, 4) is 0 Å². The Bertz CT molecular complexity index is 1080. The number of methoxy groups -OCH3 is 1. The number of pyridine rings is 1. The Balaban J connectivity index is 1.92. The first-order chi connectivity index (χ1) is 12.2. The third-order valence-electron chi connectivity index (χ3n) is 4.28. The first kappa shape index (κ1) is 15.3. The molecule has 0 N–H and O–H groups in total. The molecule has 2 aromatic heterocycles. The Morgan fingerprint density at radius 2 is 1.88 bits per heavy atom. The van der Waals surface area contributed by atoms with Gasteiger partial charge in [0.1, 0.15) is 11.5 Å². The van der Waals surface area contributed by atoms with Crippen LogP contribution in [0.4, 0.5) is 4.39 Å². The molecule has 2 heterocycles. The summed E-state index contributed by atoms with van der Waals surface area (Å²) in [4.78, 5) is 16.3. The van der Waals surface area contributed by atoms with Crippen LogP contribution in [0, 0.1) is 5.82 Å². The fourth-order valence-corrected chi connectivity index (χ4v) is 3.08. The maximum atomic E-state index is 13.2. The second kappa shape index (κ2) is 6.02. The summed E-state index contributed by atoms with van der Waals surface area (Å²) in [6.07, 6.45) is 1.52. The lowest BCUT2D eigenvalue weighted by Gasteiger charge is -2.07. The standard InChI is InChI=1S/C20H15FN2O2/c1-25-20(24)14-10-17-16-4-2-3-5-18(16)23(19(17)22-11-14)12-13-6-8-15(21)9-7-13/h2-11H,12H2,1H3. The summed E-state index contributed by atoms with van der Waals surface area (Å²) in [6.45, 7) is 0.564. The van der Waals surface area contributed by atoms with Crippen LogP contribution in [0.5, 0.6) is 0 Å². The number of rotatable bonds is 3. The van der Waals surface area contributed by atoms with Crippen molar-refractivity contribution in [3.05, 3.63) is 77.7 Å². The lowest BCUT2D eigenvalue weighted by atomic mass is 10.1. The van der Waals surface area contributed by atoms with E-state index in [9.17, 15) is 9.18 Å². The molecule has 0 amide bonds. The normalized spacial score (nSPS) is 11.1. The third-order valence-corrected chi connectivity index (χ3v) is 4.28.